The van der Waals surface area contributed by atoms with Crippen LogP contribution in [-0.2, 0) is 28.9 Å². The third-order valence-corrected chi connectivity index (χ3v) is 8.00. The minimum atomic E-state index is -0.960. The second-order valence-corrected chi connectivity index (χ2v) is 9.96. The number of thiophene rings is 1. The number of Topliss-reactive ketones (excluding diaryl/α,β-unsaturated/α-hetero) is 1. The van der Waals surface area contributed by atoms with Crippen molar-refractivity contribution in [1.82, 2.24) is 10.1 Å². The van der Waals surface area contributed by atoms with Crippen LogP contribution in [0.2, 0.25) is 0 Å². The van der Waals surface area contributed by atoms with Crippen LogP contribution >= 0.6 is 11.3 Å². The number of aromatic nitrogens is 2. The molecule has 0 unspecified atom stereocenters. The van der Waals surface area contributed by atoms with Gasteiger partial charge in [0.2, 0.25) is 0 Å². The number of carbonyl (C=O) groups is 2. The number of rotatable bonds is 7. The fraction of sp³-hybridized carbons (Fsp3) is 0.565. The first kappa shape index (κ1) is 19.7. The van der Waals surface area contributed by atoms with E-state index in [1.807, 2.05) is 0 Å². The maximum atomic E-state index is 13.1. The topological polar surface area (TPSA) is 93.3 Å². The van der Waals surface area contributed by atoms with Gasteiger partial charge in [-0.1, -0.05) is 18.5 Å². The van der Waals surface area contributed by atoms with Gasteiger partial charge in [-0.3, -0.25) is 4.79 Å². The lowest BCUT2D eigenvalue weighted by Crippen LogP contribution is -2.12. The number of hydrogen-bond donors (Lipinski definition) is 1. The highest BCUT2D eigenvalue weighted by Crippen LogP contribution is 2.44. The Hall–Kier alpha value is -2.28. The van der Waals surface area contributed by atoms with Crippen LogP contribution in [0, 0.1) is 5.92 Å². The van der Waals surface area contributed by atoms with Crippen LogP contribution in [0.4, 0.5) is 0 Å². The molecular weight excluding hydrogens is 400 g/mol. The maximum Gasteiger partial charge on any atom is 0.331 e. The summed E-state index contributed by atoms with van der Waals surface area (Å²) in [6.45, 7) is 2.23. The number of ketones is 1. The molecule has 6 nitrogen and oxygen atoms in total. The third-order valence-electron chi connectivity index (χ3n) is 6.75. The molecule has 30 heavy (non-hydrogen) atoms. The van der Waals surface area contributed by atoms with E-state index in [2.05, 4.69) is 17.1 Å². The number of allylic oxidation sites excluding steroid dienone is 1. The highest BCUT2D eigenvalue weighted by molar-refractivity contribution is 7.12. The van der Waals surface area contributed by atoms with Crippen LogP contribution in [0.1, 0.15) is 78.9 Å². The van der Waals surface area contributed by atoms with Crippen LogP contribution in [0.25, 0.3) is 11.5 Å². The highest BCUT2D eigenvalue weighted by Gasteiger charge is 2.33. The lowest BCUT2D eigenvalue weighted by atomic mass is 9.85. The van der Waals surface area contributed by atoms with Gasteiger partial charge >= 0.3 is 5.97 Å². The van der Waals surface area contributed by atoms with Gasteiger partial charge in [-0.15, -0.1) is 11.3 Å². The molecule has 2 aromatic heterocycles. The second-order valence-electron chi connectivity index (χ2n) is 8.77. The number of carboxylic acid groups (broad SMARTS) is 1. The molecule has 3 aliphatic rings. The number of fused-ring (bicyclic) bond motifs is 1. The summed E-state index contributed by atoms with van der Waals surface area (Å²) in [5.41, 5.74) is 3.00. The number of aliphatic carboxylic acids is 1. The molecule has 0 spiro atoms. The first-order valence-electron chi connectivity index (χ1n) is 11.0. The summed E-state index contributed by atoms with van der Waals surface area (Å²) in [6, 6.07) is 0. The Kier molecular flexibility index (Phi) is 5.09. The zero-order chi connectivity index (χ0) is 20.8. The van der Waals surface area contributed by atoms with Crippen molar-refractivity contribution in [2.45, 2.75) is 77.0 Å². The Morgan fingerprint density at radius 1 is 1.17 bits per heavy atom. The lowest BCUT2D eigenvalue weighted by Gasteiger charge is -2.20. The van der Waals surface area contributed by atoms with Gasteiger partial charge in [-0.05, 0) is 62.8 Å². The Labute approximate surface area is 179 Å². The number of nitrogens with zero attached hydrogens (tertiary/aromatic N) is 2. The largest absolute Gasteiger partial charge is 0.478 e. The first-order chi connectivity index (χ1) is 14.5. The smallest absolute Gasteiger partial charge is 0.331 e. The van der Waals surface area contributed by atoms with Gasteiger partial charge in [0.25, 0.3) is 5.89 Å². The van der Waals surface area contributed by atoms with E-state index >= 15 is 0 Å². The van der Waals surface area contributed by atoms with Gasteiger partial charge in [-0.2, -0.15) is 4.98 Å². The summed E-state index contributed by atoms with van der Waals surface area (Å²) >= 11 is 1.69. The van der Waals surface area contributed by atoms with Gasteiger partial charge in [0, 0.05) is 33.2 Å². The minimum Gasteiger partial charge on any atom is -0.478 e. The molecule has 0 aromatic carbocycles. The molecule has 1 fully saturated rings. The second kappa shape index (κ2) is 7.76. The van der Waals surface area contributed by atoms with Gasteiger partial charge in [0.05, 0.1) is 5.56 Å². The van der Waals surface area contributed by atoms with Crippen LogP contribution in [0.3, 0.4) is 0 Å². The van der Waals surface area contributed by atoms with Gasteiger partial charge in [0.15, 0.2) is 11.6 Å². The zero-order valence-corrected chi connectivity index (χ0v) is 18.0. The number of carbonyl (C=O) groups excluding carboxylic acids is 1. The van der Waals surface area contributed by atoms with E-state index in [9.17, 15) is 14.7 Å². The van der Waals surface area contributed by atoms with Crippen molar-refractivity contribution in [2.75, 3.05) is 0 Å². The minimum absolute atomic E-state index is 0.0706. The van der Waals surface area contributed by atoms with E-state index in [-0.39, 0.29) is 12.2 Å². The molecule has 0 aliphatic heterocycles. The molecule has 158 valence electrons. The summed E-state index contributed by atoms with van der Waals surface area (Å²) in [7, 11) is 0. The van der Waals surface area contributed by atoms with E-state index in [4.69, 9.17) is 4.52 Å². The Bertz CT molecular complexity index is 1040. The predicted octanol–water partition coefficient (Wildman–Crippen LogP) is 4.87. The van der Waals surface area contributed by atoms with Crippen molar-refractivity contribution in [1.29, 1.82) is 0 Å². The normalized spacial score (nSPS) is 21.2. The van der Waals surface area contributed by atoms with Crippen molar-refractivity contribution < 1.29 is 19.2 Å². The molecule has 0 saturated heterocycles. The van der Waals surface area contributed by atoms with Crippen LogP contribution < -0.4 is 0 Å². The summed E-state index contributed by atoms with van der Waals surface area (Å²) in [4.78, 5) is 31.6. The molecule has 3 aliphatic carbocycles. The highest BCUT2D eigenvalue weighted by atomic mass is 32.1. The van der Waals surface area contributed by atoms with Crippen LogP contribution in [0.5, 0.6) is 0 Å². The van der Waals surface area contributed by atoms with Crippen molar-refractivity contribution in [2.24, 2.45) is 5.92 Å². The Morgan fingerprint density at radius 3 is 2.70 bits per heavy atom. The summed E-state index contributed by atoms with van der Waals surface area (Å²) in [5, 5.41) is 13.6. The molecule has 1 N–H and O–H groups in total. The standard InChI is InChI=1S/C23H26N2O4S/c1-2-12-6-9-16-18(10-12)30-19(11-17(26)14-4-3-5-15(14)23(27)28)20(16)22-24-21(25-29-22)13-7-8-13/h12-13H,2-11H2,1H3,(H,27,28)/t12-/m1/s1. The average molecular weight is 427 g/mol. The first-order valence-corrected chi connectivity index (χ1v) is 11.8. The summed E-state index contributed by atoms with van der Waals surface area (Å²) in [5.74, 6) is 1.36. The molecule has 2 heterocycles. The monoisotopic (exact) mass is 426 g/mol. The summed E-state index contributed by atoms with van der Waals surface area (Å²) < 4.78 is 5.66. The third kappa shape index (κ3) is 3.53. The average Bonchev–Trinajstić information content (AvgIpc) is 3.16. The fourth-order valence-corrected chi connectivity index (χ4v) is 6.28. The quantitative estimate of drug-likeness (QED) is 0.679. The van der Waals surface area contributed by atoms with Crippen LogP contribution in [-0.4, -0.2) is 27.0 Å². The molecule has 5 rings (SSSR count). The Morgan fingerprint density at radius 2 is 1.97 bits per heavy atom. The van der Waals surface area contributed by atoms with E-state index in [1.165, 1.54) is 10.4 Å². The van der Waals surface area contributed by atoms with Gasteiger partial charge < -0.3 is 9.63 Å². The van der Waals surface area contributed by atoms with Crippen molar-refractivity contribution >= 4 is 23.1 Å². The van der Waals surface area contributed by atoms with Crippen molar-refractivity contribution in [3.8, 4) is 11.5 Å². The molecule has 0 radical (unpaired) electrons. The molecular formula is C23H26N2O4S. The van der Waals surface area contributed by atoms with Crippen molar-refractivity contribution in [3.05, 3.63) is 32.3 Å². The van der Waals surface area contributed by atoms with E-state index in [0.717, 1.165) is 61.2 Å². The van der Waals surface area contributed by atoms with Gasteiger partial charge in [-0.25, -0.2) is 4.79 Å². The van der Waals surface area contributed by atoms with E-state index < -0.39 is 5.97 Å². The van der Waals surface area contributed by atoms with E-state index in [1.54, 1.807) is 11.3 Å². The van der Waals surface area contributed by atoms with Crippen LogP contribution in [0.15, 0.2) is 15.7 Å². The van der Waals surface area contributed by atoms with Gasteiger partial charge in [0.1, 0.15) is 0 Å². The zero-order valence-electron chi connectivity index (χ0n) is 17.2. The number of carboxylic acids is 1. The summed E-state index contributed by atoms with van der Waals surface area (Å²) in [6.07, 6.45) is 8.51. The lowest BCUT2D eigenvalue weighted by molar-refractivity contribution is -0.133. The van der Waals surface area contributed by atoms with E-state index in [0.29, 0.717) is 41.7 Å². The molecule has 7 heteroatoms. The molecule has 0 bridgehead atoms. The molecule has 1 atom stereocenters. The fourth-order valence-electron chi connectivity index (χ4n) is 4.82. The maximum absolute atomic E-state index is 13.1. The predicted molar refractivity (Wildman–Crippen MR) is 113 cm³/mol. The molecule has 0 amide bonds. The molecule has 2 aromatic rings. The SMILES string of the molecule is CC[C@@H]1CCc2c(sc(CC(=O)C3=C(C(=O)O)CCC3)c2-c2nc(C3CC3)no2)C1. The Balaban J connectivity index is 1.52. The van der Waals surface area contributed by atoms with Crippen molar-refractivity contribution in [3.63, 3.8) is 0 Å². The number of hydrogen-bond acceptors (Lipinski definition) is 6. The molecule has 1 saturated carbocycles.